The minimum absolute atomic E-state index is 0.0819. The van der Waals surface area contributed by atoms with Crippen molar-refractivity contribution in [2.45, 2.75) is 20.3 Å². The molecule has 1 aromatic heterocycles. The summed E-state index contributed by atoms with van der Waals surface area (Å²) < 4.78 is 5.28. The first kappa shape index (κ1) is 17.2. The number of carbonyl (C=O) groups excluding carboxylic acids is 1. The molecule has 1 N–H and O–H groups in total. The molecule has 5 heteroatoms. The second-order valence-corrected chi connectivity index (χ2v) is 7.08. The van der Waals surface area contributed by atoms with E-state index in [4.69, 9.17) is 4.74 Å². The Bertz CT molecular complexity index is 885. The van der Waals surface area contributed by atoms with Gasteiger partial charge in [0.1, 0.15) is 5.75 Å². The third kappa shape index (κ3) is 4.06. The monoisotopic (exact) mass is 352 g/mol. The van der Waals surface area contributed by atoms with Crippen molar-refractivity contribution in [3.63, 3.8) is 0 Å². The topological polar surface area (TPSA) is 51.2 Å². The van der Waals surface area contributed by atoms with Crippen LogP contribution < -0.4 is 10.1 Å². The largest absolute Gasteiger partial charge is 0.495 e. The van der Waals surface area contributed by atoms with E-state index in [9.17, 15) is 4.79 Å². The normalized spacial score (nSPS) is 10.5. The van der Waals surface area contributed by atoms with Crippen molar-refractivity contribution in [1.82, 2.24) is 4.98 Å². The molecule has 128 valence electrons. The molecule has 0 radical (unpaired) electrons. The molecule has 0 aliphatic rings. The van der Waals surface area contributed by atoms with Gasteiger partial charge in [0, 0.05) is 10.4 Å². The third-order valence-corrected chi connectivity index (χ3v) is 4.80. The number of para-hydroxylation sites is 2. The fraction of sp³-hybridized carbons (Fsp3) is 0.200. The number of amides is 1. The van der Waals surface area contributed by atoms with Crippen LogP contribution >= 0.6 is 11.3 Å². The molecule has 3 rings (SSSR count). The lowest BCUT2D eigenvalue weighted by Crippen LogP contribution is -2.14. The first-order valence-electron chi connectivity index (χ1n) is 8.03. The lowest BCUT2D eigenvalue weighted by molar-refractivity contribution is -0.115. The van der Waals surface area contributed by atoms with Crippen LogP contribution in [0.25, 0.3) is 11.3 Å². The van der Waals surface area contributed by atoms with Gasteiger partial charge in [-0.3, -0.25) is 4.79 Å². The molecule has 1 amide bonds. The van der Waals surface area contributed by atoms with Crippen LogP contribution in [-0.2, 0) is 11.2 Å². The second-order valence-electron chi connectivity index (χ2n) is 5.80. The molecule has 0 aliphatic carbocycles. The molecule has 0 unspecified atom stereocenters. The number of methoxy groups -OCH3 is 1. The summed E-state index contributed by atoms with van der Waals surface area (Å²) in [6.07, 6.45) is 0.284. The van der Waals surface area contributed by atoms with Crippen LogP contribution in [0.15, 0.2) is 48.5 Å². The Morgan fingerprint density at radius 3 is 2.56 bits per heavy atom. The number of hydrogen-bond acceptors (Lipinski definition) is 4. The van der Waals surface area contributed by atoms with Gasteiger partial charge in [0.25, 0.3) is 0 Å². The van der Waals surface area contributed by atoms with Crippen molar-refractivity contribution >= 4 is 22.9 Å². The number of carbonyl (C=O) groups is 1. The van der Waals surface area contributed by atoms with Gasteiger partial charge in [-0.15, -0.1) is 11.3 Å². The van der Waals surface area contributed by atoms with Crippen molar-refractivity contribution in [2.24, 2.45) is 0 Å². The van der Waals surface area contributed by atoms with Crippen LogP contribution in [0.4, 0.5) is 5.69 Å². The van der Waals surface area contributed by atoms with Gasteiger partial charge in [0.15, 0.2) is 0 Å². The van der Waals surface area contributed by atoms with E-state index >= 15 is 0 Å². The molecule has 0 atom stereocenters. The van der Waals surface area contributed by atoms with Gasteiger partial charge < -0.3 is 10.1 Å². The molecule has 0 aliphatic heterocycles. The minimum Gasteiger partial charge on any atom is -0.495 e. The van der Waals surface area contributed by atoms with E-state index in [1.165, 1.54) is 5.56 Å². The highest BCUT2D eigenvalue weighted by Gasteiger charge is 2.15. The Labute approximate surface area is 151 Å². The molecule has 0 spiro atoms. The number of aromatic nitrogens is 1. The van der Waals surface area contributed by atoms with Gasteiger partial charge in [-0.2, -0.15) is 0 Å². The number of hydrogen-bond donors (Lipinski definition) is 1. The summed E-state index contributed by atoms with van der Waals surface area (Å²) in [5, 5.41) is 3.88. The van der Waals surface area contributed by atoms with E-state index in [0.29, 0.717) is 11.4 Å². The van der Waals surface area contributed by atoms with E-state index in [1.54, 1.807) is 18.4 Å². The lowest BCUT2D eigenvalue weighted by atomic mass is 10.1. The quantitative estimate of drug-likeness (QED) is 0.729. The van der Waals surface area contributed by atoms with Crippen molar-refractivity contribution in [1.29, 1.82) is 0 Å². The lowest BCUT2D eigenvalue weighted by Gasteiger charge is -2.09. The van der Waals surface area contributed by atoms with Crippen LogP contribution in [0.2, 0.25) is 0 Å². The molecule has 4 nitrogen and oxygen atoms in total. The average Bonchev–Trinajstić information content (AvgIpc) is 2.96. The molecular formula is C20H20N2O2S. The highest BCUT2D eigenvalue weighted by Crippen LogP contribution is 2.29. The summed E-state index contributed by atoms with van der Waals surface area (Å²) in [5.41, 5.74) is 3.80. The van der Waals surface area contributed by atoms with Crippen molar-refractivity contribution in [2.75, 3.05) is 12.4 Å². The summed E-state index contributed by atoms with van der Waals surface area (Å²) in [5.74, 6) is 0.566. The number of ether oxygens (including phenoxy) is 1. The standard InChI is InChI=1S/C20H20N2O2S/c1-13-8-10-15(11-9-13)20-18(25-14(2)21-20)12-19(23)22-16-6-4-5-7-17(16)24-3/h4-11H,12H2,1-3H3,(H,22,23). The van der Waals surface area contributed by atoms with E-state index in [-0.39, 0.29) is 12.3 Å². The van der Waals surface area contributed by atoms with E-state index in [1.807, 2.05) is 43.3 Å². The second kappa shape index (κ2) is 7.49. The third-order valence-electron chi connectivity index (χ3n) is 3.83. The molecule has 0 saturated carbocycles. The van der Waals surface area contributed by atoms with Crippen molar-refractivity contribution in [3.05, 3.63) is 64.0 Å². The SMILES string of the molecule is COc1ccccc1NC(=O)Cc1sc(C)nc1-c1ccc(C)cc1. The smallest absolute Gasteiger partial charge is 0.229 e. The van der Waals surface area contributed by atoms with E-state index in [2.05, 4.69) is 29.4 Å². The summed E-state index contributed by atoms with van der Waals surface area (Å²) >= 11 is 1.56. The number of nitrogens with zero attached hydrogens (tertiary/aromatic N) is 1. The molecule has 3 aromatic rings. The zero-order valence-electron chi connectivity index (χ0n) is 14.5. The van der Waals surface area contributed by atoms with E-state index in [0.717, 1.165) is 21.1 Å². The Morgan fingerprint density at radius 2 is 1.84 bits per heavy atom. The molecular weight excluding hydrogens is 332 g/mol. The maximum absolute atomic E-state index is 12.5. The molecule has 2 aromatic carbocycles. The molecule has 0 fully saturated rings. The van der Waals surface area contributed by atoms with Crippen LogP contribution in [0.1, 0.15) is 15.4 Å². The van der Waals surface area contributed by atoms with Gasteiger partial charge in [0.05, 0.1) is 29.9 Å². The molecule has 0 bridgehead atoms. The van der Waals surface area contributed by atoms with Gasteiger partial charge >= 0.3 is 0 Å². The molecule has 25 heavy (non-hydrogen) atoms. The van der Waals surface area contributed by atoms with Crippen LogP contribution in [0, 0.1) is 13.8 Å². The fourth-order valence-electron chi connectivity index (χ4n) is 2.61. The van der Waals surface area contributed by atoms with E-state index < -0.39 is 0 Å². The summed E-state index contributed by atoms with van der Waals surface area (Å²) in [4.78, 5) is 18.1. The summed E-state index contributed by atoms with van der Waals surface area (Å²) in [6, 6.07) is 15.6. The van der Waals surface area contributed by atoms with Crippen LogP contribution in [0.3, 0.4) is 0 Å². The molecule has 0 saturated heterocycles. The van der Waals surface area contributed by atoms with Gasteiger partial charge in [-0.25, -0.2) is 4.98 Å². The van der Waals surface area contributed by atoms with Crippen LogP contribution in [0.5, 0.6) is 5.75 Å². The number of thiazole rings is 1. The Kier molecular flexibility index (Phi) is 5.14. The highest BCUT2D eigenvalue weighted by atomic mass is 32.1. The first-order chi connectivity index (χ1) is 12.1. The molecule has 1 heterocycles. The van der Waals surface area contributed by atoms with Crippen LogP contribution in [-0.4, -0.2) is 18.0 Å². The minimum atomic E-state index is -0.0819. The highest BCUT2D eigenvalue weighted by molar-refractivity contribution is 7.12. The Morgan fingerprint density at radius 1 is 1.12 bits per heavy atom. The Hall–Kier alpha value is -2.66. The average molecular weight is 352 g/mol. The van der Waals surface area contributed by atoms with Gasteiger partial charge in [-0.05, 0) is 26.0 Å². The number of benzene rings is 2. The van der Waals surface area contributed by atoms with Crippen molar-refractivity contribution < 1.29 is 9.53 Å². The first-order valence-corrected chi connectivity index (χ1v) is 8.84. The summed E-state index contributed by atoms with van der Waals surface area (Å²) in [6.45, 7) is 4.02. The zero-order valence-corrected chi connectivity index (χ0v) is 15.3. The van der Waals surface area contributed by atoms with Gasteiger partial charge in [-0.1, -0.05) is 42.0 Å². The number of aryl methyl sites for hydroxylation is 2. The van der Waals surface area contributed by atoms with Crippen molar-refractivity contribution in [3.8, 4) is 17.0 Å². The maximum Gasteiger partial charge on any atom is 0.229 e. The maximum atomic E-state index is 12.5. The number of nitrogens with one attached hydrogen (secondary N) is 1. The predicted octanol–water partition coefficient (Wildman–Crippen LogP) is 4.62. The Balaban J connectivity index is 1.81. The zero-order chi connectivity index (χ0) is 17.8. The van der Waals surface area contributed by atoms with Gasteiger partial charge in [0.2, 0.25) is 5.91 Å². The fourth-order valence-corrected chi connectivity index (χ4v) is 3.57. The number of anilines is 1. The summed E-state index contributed by atoms with van der Waals surface area (Å²) in [7, 11) is 1.59. The predicted molar refractivity (Wildman–Crippen MR) is 102 cm³/mol. The number of rotatable bonds is 5.